The summed E-state index contributed by atoms with van der Waals surface area (Å²) < 4.78 is 11.5. The molecule has 9 saturated carbocycles. The van der Waals surface area contributed by atoms with Gasteiger partial charge < -0.3 is 0 Å². The highest BCUT2D eigenvalue weighted by atomic mass is 14.9. The van der Waals surface area contributed by atoms with Crippen LogP contribution in [0.3, 0.4) is 0 Å². The van der Waals surface area contributed by atoms with E-state index >= 15 is 0 Å². The molecule has 0 radical (unpaired) electrons. The first-order valence-corrected chi connectivity index (χ1v) is 51.7. The van der Waals surface area contributed by atoms with Gasteiger partial charge in [-0.25, -0.2) is 18.3 Å². The minimum atomic E-state index is 0.537. The van der Waals surface area contributed by atoms with E-state index in [1.54, 1.807) is 22.3 Å². The largest absolute Gasteiger partial charge is 0.220 e. The molecule has 0 unspecified atom stereocenters. The predicted octanol–water partition coefficient (Wildman–Crippen LogP) is 31.5. The van der Waals surface area contributed by atoms with Crippen LogP contribution in [0.5, 0.6) is 0 Å². The number of pyridine rings is 5. The second kappa shape index (κ2) is 40.9. The Morgan fingerprint density at radius 2 is 0.535 bits per heavy atom. The van der Waals surface area contributed by atoms with E-state index in [-0.39, 0.29) is 0 Å². The van der Waals surface area contributed by atoms with Crippen molar-refractivity contribution in [2.75, 3.05) is 0 Å². The Balaban J connectivity index is 0.000000114. The van der Waals surface area contributed by atoms with Crippen LogP contribution in [0.1, 0.15) is 349 Å². The number of para-hydroxylation sites is 1. The molecule has 9 fully saturated rings. The standard InChI is InChI=1S/2C28H34N.C24H32N.C23H30N.C21H28N/c1-21-10-4-5-11-23(21)27-20-25(24-12-6-7-13-26(24)29(27)2)22-14-18-28(19-15-22)16-8-3-9-17-28;1-21-8-4-5-9-25(21)27-26-11-10-23(20-24(26)14-19-29(27)2)22-12-17-28(18-13-22)15-6-3-7-16-28;1-19-8-4-5-9-22(19)23-18-21(12-17-25(23)2)20-10-15-24(16-11-20)13-6-3-7-14-24;1-18-7-3-4-8-21(18)22-17-20(11-16-24(22)2)19-9-14-23(15-10-19)12-5-6-13-23;1-16-7-5-6-8-19(16)20-15-18(11-14-22(20)4)17-9-12-21(2,3)13-10-17/h4-7,10-13,20,22H,3,8-9,14-19H2,1-2H3;4-5,8-11,14,19-20,22H,3,6-7,12-13,15-18H2,1-2H3;4-5,8-9,12,17-18,20H,3,6-7,10-11,13-16H2,1-2H3;3-4,7-8,11,16-17,19H,5-6,9-10,12-15H2,1-2H3;5-8,11,14-15,17H,9-10,12-13H2,1-4H3/q5*+1. The van der Waals surface area contributed by atoms with Crippen LogP contribution in [-0.4, -0.2) is 0 Å². The molecule has 0 bridgehead atoms. The number of fused-ring (bicyclic) bond motifs is 2. The third kappa shape index (κ3) is 21.2. The van der Waals surface area contributed by atoms with Crippen LogP contribution >= 0.6 is 0 Å². The normalized spacial score (nSPS) is 19.8. The molecule has 5 nitrogen and oxygen atoms in total. The van der Waals surface area contributed by atoms with Crippen molar-refractivity contribution < 1.29 is 22.8 Å². The minimum absolute atomic E-state index is 0.537. The number of rotatable bonds is 10. The van der Waals surface area contributed by atoms with Crippen LogP contribution < -0.4 is 22.8 Å². The highest BCUT2D eigenvalue weighted by Crippen LogP contribution is 2.57. The topological polar surface area (TPSA) is 19.4 Å². The molecular formula is C124H158N5+5. The smallest absolute Gasteiger partial charge is 0.201 e. The van der Waals surface area contributed by atoms with Crippen molar-refractivity contribution in [3.8, 4) is 56.3 Å². The van der Waals surface area contributed by atoms with Crippen molar-refractivity contribution in [1.82, 2.24) is 0 Å². The average molecular weight is 1720 g/mol. The van der Waals surface area contributed by atoms with Crippen LogP contribution in [0.2, 0.25) is 0 Å². The van der Waals surface area contributed by atoms with E-state index in [0.29, 0.717) is 27.6 Å². The first-order chi connectivity index (χ1) is 62.6. The zero-order valence-electron chi connectivity index (χ0n) is 81.7. The van der Waals surface area contributed by atoms with E-state index < -0.39 is 0 Å². The first kappa shape index (κ1) is 91.7. The predicted molar refractivity (Wildman–Crippen MR) is 541 cm³/mol. The van der Waals surface area contributed by atoms with Gasteiger partial charge >= 0.3 is 0 Å². The molecule has 5 aromatic heterocycles. The zero-order chi connectivity index (χ0) is 89.3. The Labute approximate surface area is 779 Å². The number of aromatic nitrogens is 5. The van der Waals surface area contributed by atoms with Crippen molar-refractivity contribution in [2.24, 2.45) is 62.3 Å². The summed E-state index contributed by atoms with van der Waals surface area (Å²) in [6.45, 7) is 15.9. The Morgan fingerprint density at radius 1 is 0.240 bits per heavy atom. The molecule has 4 spiro atoms. The molecule has 5 heteroatoms. The highest BCUT2D eigenvalue weighted by Gasteiger charge is 2.43. The third-order valence-corrected chi connectivity index (χ3v) is 35.3. The molecule has 21 rings (SSSR count). The lowest BCUT2D eigenvalue weighted by atomic mass is 9.62. The Kier molecular flexibility index (Phi) is 29.1. The van der Waals surface area contributed by atoms with E-state index in [9.17, 15) is 0 Å². The maximum Gasteiger partial charge on any atom is 0.220 e. The molecule has 674 valence electrons. The zero-order valence-corrected chi connectivity index (χ0v) is 81.7. The van der Waals surface area contributed by atoms with Gasteiger partial charge in [-0.05, 0) is 375 Å². The van der Waals surface area contributed by atoms with Gasteiger partial charge in [-0.15, -0.1) is 0 Å². The number of hydrogen-bond acceptors (Lipinski definition) is 0. The van der Waals surface area contributed by atoms with Gasteiger partial charge in [-0.3, -0.25) is 0 Å². The number of aryl methyl sites for hydroxylation is 10. The quantitative estimate of drug-likeness (QED) is 0.122. The molecule has 0 aliphatic heterocycles. The van der Waals surface area contributed by atoms with Gasteiger partial charge in [-0.2, -0.15) is 4.57 Å². The number of benzene rings is 7. The molecule has 0 atom stereocenters. The van der Waals surface area contributed by atoms with Crippen LogP contribution in [0.4, 0.5) is 0 Å². The van der Waals surface area contributed by atoms with E-state index in [4.69, 9.17) is 0 Å². The van der Waals surface area contributed by atoms with Crippen molar-refractivity contribution in [3.05, 3.63) is 293 Å². The van der Waals surface area contributed by atoms with Crippen molar-refractivity contribution >= 4 is 21.7 Å². The van der Waals surface area contributed by atoms with Gasteiger partial charge in [0.25, 0.3) is 0 Å². The van der Waals surface area contributed by atoms with Gasteiger partial charge in [0.2, 0.25) is 34.0 Å². The summed E-state index contributed by atoms with van der Waals surface area (Å²) >= 11 is 0. The maximum absolute atomic E-state index is 2.52. The Morgan fingerprint density at radius 3 is 0.899 bits per heavy atom. The van der Waals surface area contributed by atoms with Crippen molar-refractivity contribution in [1.29, 1.82) is 0 Å². The minimum Gasteiger partial charge on any atom is -0.201 e. The second-order valence-corrected chi connectivity index (χ2v) is 44.1. The molecule has 5 heterocycles. The summed E-state index contributed by atoms with van der Waals surface area (Å²) in [7, 11) is 10.9. The van der Waals surface area contributed by atoms with Gasteiger partial charge in [-0.1, -0.05) is 200 Å². The van der Waals surface area contributed by atoms with Gasteiger partial charge in [0, 0.05) is 87.8 Å². The monoisotopic (exact) mass is 1720 g/mol. The molecule has 0 amide bonds. The summed E-state index contributed by atoms with van der Waals surface area (Å²) in [4.78, 5) is 0. The lowest BCUT2D eigenvalue weighted by Gasteiger charge is -2.43. The maximum atomic E-state index is 2.52. The average Bonchev–Trinajstić information content (AvgIpc) is 1.08. The highest BCUT2D eigenvalue weighted by molar-refractivity contribution is 5.94. The fraction of sp³-hybridized carbons (Fsp3) is 0.492. The van der Waals surface area contributed by atoms with E-state index in [2.05, 4.69) is 344 Å². The van der Waals surface area contributed by atoms with Gasteiger partial charge in [0.15, 0.2) is 24.8 Å². The molecule has 7 aromatic carbocycles. The van der Waals surface area contributed by atoms with Crippen LogP contribution in [0, 0.1) is 61.7 Å². The van der Waals surface area contributed by atoms with Crippen molar-refractivity contribution in [2.45, 2.75) is 328 Å². The van der Waals surface area contributed by atoms with Crippen LogP contribution in [0.15, 0.2) is 237 Å². The fourth-order valence-electron chi connectivity index (χ4n) is 26.6. The lowest BCUT2D eigenvalue weighted by Crippen LogP contribution is -2.34. The van der Waals surface area contributed by atoms with E-state index in [0.717, 1.165) is 29.1 Å². The molecule has 9 aliphatic rings. The summed E-state index contributed by atoms with van der Waals surface area (Å²) in [5.41, 5.74) is 32.8. The lowest BCUT2D eigenvalue weighted by molar-refractivity contribution is -0.660. The molecule has 129 heavy (non-hydrogen) atoms. The summed E-state index contributed by atoms with van der Waals surface area (Å²) in [5, 5.41) is 4.21. The summed E-state index contributed by atoms with van der Waals surface area (Å²) in [6, 6.07) is 79.3. The number of hydrogen-bond donors (Lipinski definition) is 0. The molecule has 12 aromatic rings. The van der Waals surface area contributed by atoms with E-state index in [1.807, 2.05) is 0 Å². The summed E-state index contributed by atoms with van der Waals surface area (Å²) in [6.07, 6.45) is 65.1. The first-order valence-electron chi connectivity index (χ1n) is 51.7. The molecule has 0 saturated heterocycles. The van der Waals surface area contributed by atoms with Gasteiger partial charge in [0.05, 0.1) is 5.39 Å². The Bertz CT molecular complexity index is 5780. The molecule has 9 aliphatic carbocycles. The molecular weight excluding hydrogens is 1560 g/mol. The van der Waals surface area contributed by atoms with Crippen molar-refractivity contribution in [3.63, 3.8) is 0 Å². The van der Waals surface area contributed by atoms with Crippen LogP contribution in [-0.2, 0) is 35.2 Å². The molecule has 0 N–H and O–H groups in total. The fourth-order valence-corrected chi connectivity index (χ4v) is 26.6. The Hall–Kier alpha value is -9.19. The SMILES string of the molecule is Cc1ccccc1-c1c2ccc(C3CCC4(CCCCC4)CC3)cc2cc[n+]1C.Cc1ccccc1-c1cc(C2CCC(C)(C)CC2)cc[n+]1C.Cc1ccccc1-c1cc(C2CCC3(CCCC3)CC2)cc[n+]1C.Cc1ccccc1-c1cc(C2CCC3(CCCCC3)CC2)c2ccccc2[n+]1C.Cc1ccccc1-c1cc(C2CCC3(CCCCC3)CC2)cc[n+]1C. The summed E-state index contributed by atoms with van der Waals surface area (Å²) in [5.74, 6) is 3.72. The third-order valence-electron chi connectivity index (χ3n) is 35.3. The number of nitrogens with zero attached hydrogens (tertiary/aromatic N) is 5. The second-order valence-electron chi connectivity index (χ2n) is 44.1. The van der Waals surface area contributed by atoms with E-state index in [1.165, 1.54) is 362 Å². The van der Waals surface area contributed by atoms with Gasteiger partial charge in [0.1, 0.15) is 35.2 Å². The van der Waals surface area contributed by atoms with Crippen LogP contribution in [0.25, 0.3) is 78.0 Å².